The Morgan fingerprint density at radius 1 is 1.24 bits per heavy atom. The second-order valence-electron chi connectivity index (χ2n) is 4.67. The smallest absolute Gasteiger partial charge is 0.319 e. The number of nitrogen functional groups attached to an aromatic ring is 1. The molecular weight excluding hydrogens is 266 g/mol. The Labute approximate surface area is 124 Å². The van der Waals surface area contributed by atoms with Crippen LogP contribution < -0.4 is 21.1 Å². The van der Waals surface area contributed by atoms with Crippen molar-refractivity contribution in [3.63, 3.8) is 0 Å². The third-order valence-electron chi connectivity index (χ3n) is 3.25. The molecule has 110 valence electrons. The summed E-state index contributed by atoms with van der Waals surface area (Å²) < 4.78 is 5.11. The number of carbonyl (C=O) groups is 1. The van der Waals surface area contributed by atoms with Gasteiger partial charge in [-0.3, -0.25) is 0 Å². The average Bonchev–Trinajstić information content (AvgIpc) is 2.49. The molecule has 4 N–H and O–H groups in total. The minimum Gasteiger partial charge on any atom is -0.497 e. The van der Waals surface area contributed by atoms with Gasteiger partial charge in [0.05, 0.1) is 7.11 Å². The van der Waals surface area contributed by atoms with Crippen LogP contribution in [0.4, 0.5) is 16.2 Å². The van der Waals surface area contributed by atoms with Crippen LogP contribution in [0.5, 0.6) is 5.75 Å². The Kier molecular flexibility index (Phi) is 4.66. The van der Waals surface area contributed by atoms with Gasteiger partial charge in [0.15, 0.2) is 0 Å². The molecular formula is C16H19N3O2. The van der Waals surface area contributed by atoms with Gasteiger partial charge in [-0.25, -0.2) is 4.79 Å². The van der Waals surface area contributed by atoms with Gasteiger partial charge in [-0.05, 0) is 36.2 Å². The summed E-state index contributed by atoms with van der Waals surface area (Å²) >= 11 is 0. The number of ether oxygens (including phenoxy) is 1. The van der Waals surface area contributed by atoms with Gasteiger partial charge in [0.1, 0.15) is 5.75 Å². The molecule has 0 aliphatic rings. The highest BCUT2D eigenvalue weighted by Crippen LogP contribution is 2.17. The summed E-state index contributed by atoms with van der Waals surface area (Å²) in [7, 11) is 1.59. The first-order valence-electron chi connectivity index (χ1n) is 6.63. The normalized spacial score (nSPS) is 10.0. The van der Waals surface area contributed by atoms with Crippen molar-refractivity contribution < 1.29 is 9.53 Å². The summed E-state index contributed by atoms with van der Waals surface area (Å²) in [5.74, 6) is 0.694. The molecule has 0 saturated carbocycles. The summed E-state index contributed by atoms with van der Waals surface area (Å²) in [4.78, 5) is 11.9. The fourth-order valence-corrected chi connectivity index (χ4v) is 1.95. The van der Waals surface area contributed by atoms with E-state index in [0.717, 1.165) is 16.8 Å². The number of rotatable bonds is 4. The molecule has 2 rings (SSSR count). The predicted octanol–water partition coefficient (Wildman–Crippen LogP) is 2.91. The first-order chi connectivity index (χ1) is 10.1. The molecule has 0 unspecified atom stereocenters. The highest BCUT2D eigenvalue weighted by Gasteiger charge is 2.05. The zero-order valence-electron chi connectivity index (χ0n) is 12.1. The van der Waals surface area contributed by atoms with Crippen LogP contribution in [-0.4, -0.2) is 13.1 Å². The van der Waals surface area contributed by atoms with E-state index in [9.17, 15) is 4.79 Å². The number of hydrogen-bond acceptors (Lipinski definition) is 3. The van der Waals surface area contributed by atoms with Gasteiger partial charge in [0.25, 0.3) is 0 Å². The molecule has 21 heavy (non-hydrogen) atoms. The van der Waals surface area contributed by atoms with E-state index in [2.05, 4.69) is 10.6 Å². The quantitative estimate of drug-likeness (QED) is 0.756. The summed E-state index contributed by atoms with van der Waals surface area (Å²) in [6, 6.07) is 12.6. The average molecular weight is 285 g/mol. The lowest BCUT2D eigenvalue weighted by molar-refractivity contribution is 0.251. The largest absolute Gasteiger partial charge is 0.497 e. The molecule has 0 bridgehead atoms. The van der Waals surface area contributed by atoms with E-state index in [1.54, 1.807) is 19.2 Å². The van der Waals surface area contributed by atoms with Gasteiger partial charge in [-0.2, -0.15) is 0 Å². The minimum absolute atomic E-state index is 0.273. The first-order valence-corrected chi connectivity index (χ1v) is 6.63. The maximum atomic E-state index is 11.9. The highest BCUT2D eigenvalue weighted by molar-refractivity contribution is 5.89. The van der Waals surface area contributed by atoms with Gasteiger partial charge in [0.2, 0.25) is 0 Å². The van der Waals surface area contributed by atoms with Crippen molar-refractivity contribution in [1.29, 1.82) is 0 Å². The molecule has 0 spiro atoms. The van der Waals surface area contributed by atoms with Crippen molar-refractivity contribution >= 4 is 17.4 Å². The van der Waals surface area contributed by atoms with E-state index < -0.39 is 0 Å². The van der Waals surface area contributed by atoms with Crippen LogP contribution in [-0.2, 0) is 6.54 Å². The molecule has 0 fully saturated rings. The molecule has 0 aromatic heterocycles. The lowest BCUT2D eigenvalue weighted by Crippen LogP contribution is -2.28. The van der Waals surface area contributed by atoms with Crippen LogP contribution in [0.3, 0.4) is 0 Å². The number of anilines is 2. The number of nitrogens with one attached hydrogen (secondary N) is 2. The van der Waals surface area contributed by atoms with Crippen LogP contribution in [0.1, 0.15) is 11.1 Å². The Balaban J connectivity index is 1.94. The molecule has 0 aliphatic heterocycles. The molecule has 0 heterocycles. The zero-order valence-corrected chi connectivity index (χ0v) is 12.1. The molecule has 5 nitrogen and oxygen atoms in total. The van der Waals surface area contributed by atoms with Crippen molar-refractivity contribution in [2.75, 3.05) is 18.2 Å². The van der Waals surface area contributed by atoms with Crippen molar-refractivity contribution in [3.05, 3.63) is 53.6 Å². The Hall–Kier alpha value is -2.69. The van der Waals surface area contributed by atoms with Gasteiger partial charge in [0, 0.05) is 24.0 Å². The van der Waals surface area contributed by atoms with Crippen molar-refractivity contribution in [2.24, 2.45) is 0 Å². The molecule has 0 radical (unpaired) electrons. The fourth-order valence-electron chi connectivity index (χ4n) is 1.95. The maximum absolute atomic E-state index is 11.9. The van der Waals surface area contributed by atoms with E-state index >= 15 is 0 Å². The lowest BCUT2D eigenvalue weighted by Gasteiger charge is -2.11. The van der Waals surface area contributed by atoms with Crippen molar-refractivity contribution in [1.82, 2.24) is 5.32 Å². The van der Waals surface area contributed by atoms with E-state index in [4.69, 9.17) is 10.5 Å². The van der Waals surface area contributed by atoms with E-state index in [1.807, 2.05) is 37.3 Å². The molecule has 0 atom stereocenters. The number of urea groups is 1. The van der Waals surface area contributed by atoms with E-state index in [1.165, 1.54) is 0 Å². The third kappa shape index (κ3) is 3.89. The summed E-state index contributed by atoms with van der Waals surface area (Å²) in [6.45, 7) is 2.36. The maximum Gasteiger partial charge on any atom is 0.319 e. The summed E-state index contributed by atoms with van der Waals surface area (Å²) in [5, 5.41) is 5.57. The molecule has 2 aromatic rings. The highest BCUT2D eigenvalue weighted by atomic mass is 16.5. The van der Waals surface area contributed by atoms with E-state index in [0.29, 0.717) is 18.0 Å². The molecule has 0 aliphatic carbocycles. The fraction of sp³-hybridized carbons (Fsp3) is 0.188. The number of carbonyl (C=O) groups excluding carboxylic acids is 1. The number of hydrogen-bond donors (Lipinski definition) is 3. The van der Waals surface area contributed by atoms with Crippen molar-refractivity contribution in [3.8, 4) is 5.75 Å². The standard InChI is InChI=1S/C16H19N3O2/c1-11-12(5-3-8-15(11)17)10-18-16(20)19-13-6-4-7-14(9-13)21-2/h3-9H,10,17H2,1-2H3,(H2,18,19,20). The Morgan fingerprint density at radius 2 is 2.00 bits per heavy atom. The molecule has 2 amide bonds. The summed E-state index contributed by atoms with van der Waals surface area (Å²) in [6.07, 6.45) is 0. The predicted molar refractivity (Wildman–Crippen MR) is 84.4 cm³/mol. The Bertz CT molecular complexity index is 641. The van der Waals surface area contributed by atoms with Crippen LogP contribution in [0.2, 0.25) is 0 Å². The number of nitrogens with two attached hydrogens (primary N) is 1. The monoisotopic (exact) mass is 285 g/mol. The van der Waals surface area contributed by atoms with Crippen LogP contribution in [0.25, 0.3) is 0 Å². The second kappa shape index (κ2) is 6.65. The minimum atomic E-state index is -0.273. The lowest BCUT2D eigenvalue weighted by atomic mass is 10.1. The van der Waals surface area contributed by atoms with Crippen molar-refractivity contribution in [2.45, 2.75) is 13.5 Å². The number of amides is 2. The Morgan fingerprint density at radius 3 is 2.76 bits per heavy atom. The van der Waals surface area contributed by atoms with Gasteiger partial charge in [-0.15, -0.1) is 0 Å². The van der Waals surface area contributed by atoms with Gasteiger partial charge < -0.3 is 21.1 Å². The first kappa shape index (κ1) is 14.7. The number of methoxy groups -OCH3 is 1. The molecule has 0 saturated heterocycles. The van der Waals surface area contributed by atoms with Gasteiger partial charge >= 0.3 is 6.03 Å². The van der Waals surface area contributed by atoms with E-state index in [-0.39, 0.29) is 6.03 Å². The van der Waals surface area contributed by atoms with Gasteiger partial charge in [-0.1, -0.05) is 18.2 Å². The molecule has 2 aromatic carbocycles. The second-order valence-corrected chi connectivity index (χ2v) is 4.67. The number of benzene rings is 2. The van der Waals surface area contributed by atoms with Crippen LogP contribution in [0.15, 0.2) is 42.5 Å². The zero-order chi connectivity index (χ0) is 15.2. The molecule has 5 heteroatoms. The third-order valence-corrected chi connectivity index (χ3v) is 3.25. The topological polar surface area (TPSA) is 76.4 Å². The SMILES string of the molecule is COc1cccc(NC(=O)NCc2cccc(N)c2C)c1. The summed E-state index contributed by atoms with van der Waals surface area (Å²) in [5.41, 5.74) is 9.22. The van der Waals surface area contributed by atoms with Crippen LogP contribution >= 0.6 is 0 Å². The van der Waals surface area contributed by atoms with Crippen LogP contribution in [0, 0.1) is 6.92 Å².